The normalized spacial score (nSPS) is 17.0. The van der Waals surface area contributed by atoms with E-state index < -0.39 is 0 Å². The van der Waals surface area contributed by atoms with Gasteiger partial charge in [0.15, 0.2) is 0 Å². The fourth-order valence-electron chi connectivity index (χ4n) is 2.02. The molecule has 1 fully saturated rings. The number of rotatable bonds is 4. The summed E-state index contributed by atoms with van der Waals surface area (Å²) >= 11 is 0. The van der Waals surface area contributed by atoms with Crippen molar-refractivity contribution in [1.29, 1.82) is 0 Å². The van der Waals surface area contributed by atoms with E-state index in [1.165, 1.54) is 6.92 Å². The Morgan fingerprint density at radius 2 is 1.71 bits per heavy atom. The third-order valence-electron chi connectivity index (χ3n) is 3.33. The Kier molecular flexibility index (Phi) is 5.41. The predicted molar refractivity (Wildman–Crippen MR) is 66.6 cm³/mol. The summed E-state index contributed by atoms with van der Waals surface area (Å²) in [5.74, 6) is 0.0332. The summed E-state index contributed by atoms with van der Waals surface area (Å²) in [6, 6.07) is 0. The summed E-state index contributed by atoms with van der Waals surface area (Å²) in [6.07, 6.45) is 0. The first-order chi connectivity index (χ1) is 8.08. The molecule has 0 spiro atoms. The van der Waals surface area contributed by atoms with Crippen LogP contribution in [0.4, 0.5) is 0 Å². The zero-order chi connectivity index (χ0) is 12.8. The number of hydrogen-bond donors (Lipinski definition) is 0. The lowest BCUT2D eigenvalue weighted by Crippen LogP contribution is -2.51. The molecule has 0 bridgehead atoms. The minimum atomic E-state index is -0.0342. The van der Waals surface area contributed by atoms with Gasteiger partial charge in [0.05, 0.1) is 6.54 Å². The number of carbonyl (C=O) groups excluding carboxylic acids is 2. The van der Waals surface area contributed by atoms with E-state index in [0.29, 0.717) is 6.54 Å². The molecule has 1 heterocycles. The summed E-state index contributed by atoms with van der Waals surface area (Å²) < 4.78 is 0. The van der Waals surface area contributed by atoms with Crippen LogP contribution in [0.5, 0.6) is 0 Å². The lowest BCUT2D eigenvalue weighted by molar-refractivity contribution is -0.140. The second-order valence-electron chi connectivity index (χ2n) is 4.35. The maximum atomic E-state index is 12.0. The van der Waals surface area contributed by atoms with E-state index >= 15 is 0 Å². The third-order valence-corrected chi connectivity index (χ3v) is 3.33. The Balaban J connectivity index is 2.41. The number of carbonyl (C=O) groups is 2. The van der Waals surface area contributed by atoms with Crippen LogP contribution in [0.3, 0.4) is 0 Å². The van der Waals surface area contributed by atoms with Crippen LogP contribution >= 0.6 is 0 Å². The quantitative estimate of drug-likeness (QED) is 0.697. The van der Waals surface area contributed by atoms with Gasteiger partial charge in [-0.05, 0) is 13.5 Å². The standard InChI is InChI=1S/C12H23N3O2/c1-4-13-6-8-15(9-7-13)12(17)10-14(5-2)11(3)16/h4-10H2,1-3H3. The molecule has 0 saturated carbocycles. The molecule has 0 aliphatic carbocycles. The van der Waals surface area contributed by atoms with Gasteiger partial charge in [-0.25, -0.2) is 0 Å². The van der Waals surface area contributed by atoms with Crippen molar-refractivity contribution in [3.05, 3.63) is 0 Å². The molecule has 0 aromatic heterocycles. The first-order valence-corrected chi connectivity index (χ1v) is 6.34. The van der Waals surface area contributed by atoms with Crippen LogP contribution < -0.4 is 0 Å². The highest BCUT2D eigenvalue weighted by molar-refractivity contribution is 5.83. The van der Waals surface area contributed by atoms with Gasteiger partial charge in [0.25, 0.3) is 0 Å². The molecule has 1 aliphatic heterocycles. The van der Waals surface area contributed by atoms with Crippen LogP contribution in [0.15, 0.2) is 0 Å². The summed E-state index contributed by atoms with van der Waals surface area (Å²) in [6.45, 7) is 10.8. The molecule has 0 aromatic carbocycles. The van der Waals surface area contributed by atoms with Crippen LogP contribution in [0.25, 0.3) is 0 Å². The van der Waals surface area contributed by atoms with E-state index in [1.807, 2.05) is 11.8 Å². The molecule has 1 rings (SSSR count). The van der Waals surface area contributed by atoms with Gasteiger partial charge in [-0.3, -0.25) is 9.59 Å². The van der Waals surface area contributed by atoms with Crippen molar-refractivity contribution < 1.29 is 9.59 Å². The largest absolute Gasteiger partial charge is 0.339 e. The van der Waals surface area contributed by atoms with E-state index in [-0.39, 0.29) is 18.4 Å². The maximum Gasteiger partial charge on any atom is 0.242 e. The van der Waals surface area contributed by atoms with Crippen molar-refractivity contribution in [2.24, 2.45) is 0 Å². The average Bonchev–Trinajstić information content (AvgIpc) is 2.35. The molecule has 0 unspecified atom stereocenters. The van der Waals surface area contributed by atoms with Crippen LogP contribution in [0, 0.1) is 0 Å². The van der Waals surface area contributed by atoms with Crippen molar-refractivity contribution in [2.45, 2.75) is 20.8 Å². The van der Waals surface area contributed by atoms with Crippen LogP contribution in [-0.2, 0) is 9.59 Å². The summed E-state index contributed by atoms with van der Waals surface area (Å²) in [7, 11) is 0. The Morgan fingerprint density at radius 3 is 2.12 bits per heavy atom. The third kappa shape index (κ3) is 4.00. The van der Waals surface area contributed by atoms with Gasteiger partial charge in [0, 0.05) is 39.6 Å². The fourth-order valence-corrected chi connectivity index (χ4v) is 2.02. The van der Waals surface area contributed by atoms with E-state index in [1.54, 1.807) is 4.90 Å². The zero-order valence-electron chi connectivity index (χ0n) is 11.1. The molecule has 1 aliphatic rings. The van der Waals surface area contributed by atoms with Gasteiger partial charge in [0.2, 0.25) is 11.8 Å². The second-order valence-corrected chi connectivity index (χ2v) is 4.35. The molecule has 5 heteroatoms. The van der Waals surface area contributed by atoms with E-state index in [2.05, 4.69) is 11.8 Å². The predicted octanol–water partition coefficient (Wildman–Crippen LogP) is 0.0189. The first kappa shape index (κ1) is 14.0. The molecule has 5 nitrogen and oxygen atoms in total. The van der Waals surface area contributed by atoms with Crippen LogP contribution in [-0.4, -0.2) is 72.3 Å². The lowest BCUT2D eigenvalue weighted by Gasteiger charge is -2.35. The Labute approximate surface area is 103 Å². The van der Waals surface area contributed by atoms with Crippen molar-refractivity contribution in [1.82, 2.24) is 14.7 Å². The fraction of sp³-hybridized carbons (Fsp3) is 0.833. The molecule has 1 saturated heterocycles. The lowest BCUT2D eigenvalue weighted by atomic mass is 10.3. The molecule has 0 N–H and O–H groups in total. The molecule has 0 radical (unpaired) electrons. The van der Waals surface area contributed by atoms with Gasteiger partial charge < -0.3 is 14.7 Å². The second kappa shape index (κ2) is 6.59. The number of hydrogen-bond acceptors (Lipinski definition) is 3. The van der Waals surface area contributed by atoms with Gasteiger partial charge in [0.1, 0.15) is 0 Å². The van der Waals surface area contributed by atoms with Crippen molar-refractivity contribution in [3.63, 3.8) is 0 Å². The Bertz CT molecular complexity index is 273. The van der Waals surface area contributed by atoms with Crippen molar-refractivity contribution in [3.8, 4) is 0 Å². The number of nitrogens with zero attached hydrogens (tertiary/aromatic N) is 3. The van der Waals surface area contributed by atoms with Gasteiger partial charge in [-0.15, -0.1) is 0 Å². The van der Waals surface area contributed by atoms with E-state index in [9.17, 15) is 9.59 Å². The Hall–Kier alpha value is -1.10. The average molecular weight is 241 g/mol. The molecule has 0 atom stereocenters. The SMILES string of the molecule is CCN1CCN(C(=O)CN(CC)C(C)=O)CC1. The van der Waals surface area contributed by atoms with E-state index in [4.69, 9.17) is 0 Å². The Morgan fingerprint density at radius 1 is 1.12 bits per heavy atom. The number of amides is 2. The van der Waals surface area contributed by atoms with Gasteiger partial charge >= 0.3 is 0 Å². The van der Waals surface area contributed by atoms with Crippen molar-refractivity contribution >= 4 is 11.8 Å². The molecule has 98 valence electrons. The zero-order valence-corrected chi connectivity index (χ0v) is 11.1. The number of likely N-dealkylation sites (N-methyl/N-ethyl adjacent to an activating group) is 2. The highest BCUT2D eigenvalue weighted by Gasteiger charge is 2.22. The summed E-state index contributed by atoms with van der Waals surface area (Å²) in [5, 5.41) is 0. The smallest absolute Gasteiger partial charge is 0.242 e. The highest BCUT2D eigenvalue weighted by Crippen LogP contribution is 2.03. The highest BCUT2D eigenvalue weighted by atomic mass is 16.2. The van der Waals surface area contributed by atoms with Gasteiger partial charge in [-0.1, -0.05) is 6.92 Å². The number of piperazine rings is 1. The monoisotopic (exact) mass is 241 g/mol. The molecular formula is C12H23N3O2. The first-order valence-electron chi connectivity index (χ1n) is 6.34. The maximum absolute atomic E-state index is 12.0. The molecule has 2 amide bonds. The van der Waals surface area contributed by atoms with Crippen molar-refractivity contribution in [2.75, 3.05) is 45.8 Å². The summed E-state index contributed by atoms with van der Waals surface area (Å²) in [4.78, 5) is 29.0. The molecule has 0 aromatic rings. The van der Waals surface area contributed by atoms with Crippen LogP contribution in [0.2, 0.25) is 0 Å². The minimum Gasteiger partial charge on any atom is -0.339 e. The molecular weight excluding hydrogens is 218 g/mol. The molecule has 17 heavy (non-hydrogen) atoms. The van der Waals surface area contributed by atoms with Gasteiger partial charge in [-0.2, -0.15) is 0 Å². The van der Waals surface area contributed by atoms with E-state index in [0.717, 1.165) is 32.7 Å². The van der Waals surface area contributed by atoms with Crippen LogP contribution in [0.1, 0.15) is 20.8 Å². The topological polar surface area (TPSA) is 43.9 Å². The summed E-state index contributed by atoms with van der Waals surface area (Å²) in [5.41, 5.74) is 0. The minimum absolute atomic E-state index is 0.0342.